The summed E-state index contributed by atoms with van der Waals surface area (Å²) >= 11 is 0. The van der Waals surface area contributed by atoms with E-state index in [0.29, 0.717) is 23.7 Å². The molecule has 6 nitrogen and oxygen atoms in total. The quantitative estimate of drug-likeness (QED) is 0.712. The highest BCUT2D eigenvalue weighted by Crippen LogP contribution is 2.25. The molecule has 1 aromatic heterocycles. The number of rotatable bonds is 6. The third kappa shape index (κ3) is 4.15. The van der Waals surface area contributed by atoms with E-state index in [4.69, 9.17) is 4.52 Å². The number of nitrogens with zero attached hydrogens (tertiary/aromatic N) is 2. The van der Waals surface area contributed by atoms with Crippen LogP contribution in [0.4, 0.5) is 5.69 Å². The van der Waals surface area contributed by atoms with E-state index in [0.717, 1.165) is 16.8 Å². The van der Waals surface area contributed by atoms with E-state index in [1.807, 2.05) is 50.4 Å². The van der Waals surface area contributed by atoms with Crippen molar-refractivity contribution >= 4 is 11.6 Å². The molecule has 0 radical (unpaired) electrons. The van der Waals surface area contributed by atoms with Crippen LogP contribution in [0.1, 0.15) is 28.7 Å². The number of likely N-dealkylation sites (N-methyl/N-ethyl adjacent to an activating group) is 1. The molecule has 134 valence electrons. The van der Waals surface area contributed by atoms with Gasteiger partial charge in [0.1, 0.15) is 0 Å². The third-order valence-corrected chi connectivity index (χ3v) is 4.22. The number of amides is 1. The molecule has 0 bridgehead atoms. The third-order valence-electron chi connectivity index (χ3n) is 4.22. The average molecular weight is 350 g/mol. The van der Waals surface area contributed by atoms with E-state index in [1.54, 1.807) is 12.1 Å². The maximum atomic E-state index is 12.4. The molecular weight excluding hydrogens is 328 g/mol. The van der Waals surface area contributed by atoms with Gasteiger partial charge in [0.2, 0.25) is 0 Å². The van der Waals surface area contributed by atoms with Crippen molar-refractivity contribution in [1.82, 2.24) is 15.5 Å². The van der Waals surface area contributed by atoms with E-state index in [9.17, 15) is 4.79 Å². The summed E-state index contributed by atoms with van der Waals surface area (Å²) in [5.74, 6) is 0.940. The molecule has 26 heavy (non-hydrogen) atoms. The highest BCUT2D eigenvalue weighted by Gasteiger charge is 2.14. The van der Waals surface area contributed by atoms with Gasteiger partial charge in [-0.3, -0.25) is 4.79 Å². The van der Waals surface area contributed by atoms with Crippen LogP contribution in [-0.2, 0) is 6.42 Å². The number of hydrogen-bond acceptors (Lipinski definition) is 5. The molecule has 1 amide bonds. The van der Waals surface area contributed by atoms with Crippen molar-refractivity contribution in [2.75, 3.05) is 12.4 Å². The van der Waals surface area contributed by atoms with Gasteiger partial charge in [-0.25, -0.2) is 0 Å². The van der Waals surface area contributed by atoms with Crippen LogP contribution in [0.3, 0.4) is 0 Å². The Labute approximate surface area is 152 Å². The Bertz CT molecular complexity index is 890. The van der Waals surface area contributed by atoms with E-state index in [-0.39, 0.29) is 11.9 Å². The zero-order valence-electron chi connectivity index (χ0n) is 15.1. The molecule has 0 aliphatic carbocycles. The van der Waals surface area contributed by atoms with Crippen LogP contribution in [0.25, 0.3) is 11.5 Å². The first kappa shape index (κ1) is 17.8. The molecule has 0 spiro atoms. The van der Waals surface area contributed by atoms with E-state index >= 15 is 0 Å². The number of carbonyl (C=O) groups is 1. The Balaban J connectivity index is 1.80. The molecule has 0 aliphatic rings. The lowest BCUT2D eigenvalue weighted by atomic mass is 10.1. The molecule has 3 aromatic rings. The number of aromatic nitrogens is 2. The largest absolute Gasteiger partial charge is 0.334 e. The summed E-state index contributed by atoms with van der Waals surface area (Å²) in [7, 11) is 1.90. The van der Waals surface area contributed by atoms with Gasteiger partial charge >= 0.3 is 0 Å². The molecule has 1 atom stereocenters. The first-order valence-electron chi connectivity index (χ1n) is 8.54. The molecule has 0 saturated carbocycles. The summed E-state index contributed by atoms with van der Waals surface area (Å²) in [6, 6.07) is 15.1. The van der Waals surface area contributed by atoms with Gasteiger partial charge in [0.15, 0.2) is 5.82 Å². The van der Waals surface area contributed by atoms with Gasteiger partial charge in [-0.1, -0.05) is 29.4 Å². The molecule has 1 unspecified atom stereocenters. The van der Waals surface area contributed by atoms with Gasteiger partial charge in [0.05, 0.1) is 0 Å². The van der Waals surface area contributed by atoms with E-state index < -0.39 is 0 Å². The Morgan fingerprint density at radius 3 is 2.69 bits per heavy atom. The summed E-state index contributed by atoms with van der Waals surface area (Å²) in [4.78, 5) is 16.8. The summed E-state index contributed by atoms with van der Waals surface area (Å²) < 4.78 is 5.38. The summed E-state index contributed by atoms with van der Waals surface area (Å²) in [5.41, 5.74) is 3.06. The van der Waals surface area contributed by atoms with Crippen LogP contribution in [0.2, 0.25) is 0 Å². The zero-order chi connectivity index (χ0) is 18.5. The van der Waals surface area contributed by atoms with E-state index in [2.05, 4.69) is 27.7 Å². The van der Waals surface area contributed by atoms with Gasteiger partial charge in [0.25, 0.3) is 11.8 Å². The van der Waals surface area contributed by atoms with Gasteiger partial charge in [-0.05, 0) is 50.7 Å². The number of hydrogen-bond donors (Lipinski definition) is 2. The lowest BCUT2D eigenvalue weighted by Gasteiger charge is -2.09. The average Bonchev–Trinajstić information content (AvgIpc) is 3.12. The van der Waals surface area contributed by atoms with Crippen molar-refractivity contribution in [3.05, 3.63) is 65.5 Å². The predicted octanol–water partition coefficient (Wildman–Crippen LogP) is 3.45. The summed E-state index contributed by atoms with van der Waals surface area (Å²) in [6.45, 7) is 4.00. The second-order valence-corrected chi connectivity index (χ2v) is 6.26. The van der Waals surface area contributed by atoms with Gasteiger partial charge in [-0.2, -0.15) is 4.98 Å². The fourth-order valence-corrected chi connectivity index (χ4v) is 2.50. The lowest BCUT2D eigenvalue weighted by molar-refractivity contribution is 0.102. The Morgan fingerprint density at radius 2 is 1.96 bits per heavy atom. The number of nitrogens with one attached hydrogen (secondary N) is 2. The van der Waals surface area contributed by atoms with Crippen LogP contribution in [0, 0.1) is 6.92 Å². The fraction of sp³-hybridized carbons (Fsp3) is 0.250. The van der Waals surface area contributed by atoms with Gasteiger partial charge in [-0.15, -0.1) is 0 Å². The van der Waals surface area contributed by atoms with Gasteiger partial charge in [0, 0.05) is 29.3 Å². The molecule has 1 heterocycles. The standard InChI is InChI=1S/C20H22N4O2/c1-13-9-10-16(20-23-18(24-26-20)11-14(2)21-3)12-17(13)22-19(25)15-7-5-4-6-8-15/h4-10,12,14,21H,11H2,1-3H3,(H,22,25). The number of aryl methyl sites for hydroxylation is 1. The topological polar surface area (TPSA) is 80.0 Å². The number of carbonyl (C=O) groups excluding carboxylic acids is 1. The highest BCUT2D eigenvalue weighted by molar-refractivity contribution is 6.04. The number of anilines is 1. The Hall–Kier alpha value is -2.99. The monoisotopic (exact) mass is 350 g/mol. The second kappa shape index (κ2) is 7.93. The fourth-order valence-electron chi connectivity index (χ4n) is 2.50. The molecule has 0 fully saturated rings. The molecular formula is C20H22N4O2. The van der Waals surface area contributed by atoms with Crippen LogP contribution >= 0.6 is 0 Å². The van der Waals surface area contributed by atoms with Crippen molar-refractivity contribution in [1.29, 1.82) is 0 Å². The molecule has 2 aromatic carbocycles. The van der Waals surface area contributed by atoms with Crippen molar-refractivity contribution < 1.29 is 9.32 Å². The van der Waals surface area contributed by atoms with Crippen LogP contribution in [0.5, 0.6) is 0 Å². The molecule has 0 saturated heterocycles. The predicted molar refractivity (Wildman–Crippen MR) is 101 cm³/mol. The summed E-state index contributed by atoms with van der Waals surface area (Å²) in [5, 5.41) is 10.1. The summed E-state index contributed by atoms with van der Waals surface area (Å²) in [6.07, 6.45) is 0.684. The minimum atomic E-state index is -0.153. The molecule has 0 aliphatic heterocycles. The van der Waals surface area contributed by atoms with Crippen LogP contribution < -0.4 is 10.6 Å². The SMILES string of the molecule is CNC(C)Cc1noc(-c2ccc(C)c(NC(=O)c3ccccc3)c2)n1. The lowest BCUT2D eigenvalue weighted by Crippen LogP contribution is -2.24. The van der Waals surface area contributed by atoms with Gasteiger partial charge < -0.3 is 15.2 Å². The van der Waals surface area contributed by atoms with Crippen molar-refractivity contribution in [2.24, 2.45) is 0 Å². The Morgan fingerprint density at radius 1 is 1.19 bits per heavy atom. The van der Waals surface area contributed by atoms with Crippen LogP contribution in [0.15, 0.2) is 53.1 Å². The van der Waals surface area contributed by atoms with Crippen molar-refractivity contribution in [2.45, 2.75) is 26.3 Å². The smallest absolute Gasteiger partial charge is 0.257 e. The van der Waals surface area contributed by atoms with Crippen LogP contribution in [-0.4, -0.2) is 29.1 Å². The number of benzene rings is 2. The maximum absolute atomic E-state index is 12.4. The first-order valence-corrected chi connectivity index (χ1v) is 8.54. The van der Waals surface area contributed by atoms with Crippen molar-refractivity contribution in [3.63, 3.8) is 0 Å². The van der Waals surface area contributed by atoms with E-state index in [1.165, 1.54) is 0 Å². The second-order valence-electron chi connectivity index (χ2n) is 6.26. The molecule has 2 N–H and O–H groups in total. The van der Waals surface area contributed by atoms with Crippen molar-refractivity contribution in [3.8, 4) is 11.5 Å². The highest BCUT2D eigenvalue weighted by atomic mass is 16.5. The molecule has 3 rings (SSSR count). The minimum Gasteiger partial charge on any atom is -0.334 e. The minimum absolute atomic E-state index is 0.153. The zero-order valence-corrected chi connectivity index (χ0v) is 15.1. The first-order chi connectivity index (χ1) is 12.6. The normalized spacial score (nSPS) is 12.0. The molecule has 6 heteroatoms. The Kier molecular flexibility index (Phi) is 5.43. The maximum Gasteiger partial charge on any atom is 0.257 e.